The van der Waals surface area contributed by atoms with Crippen LogP contribution >= 0.6 is 0 Å². The zero-order valence-electron chi connectivity index (χ0n) is 22.8. The molecule has 3 amide bonds. The molecule has 0 bridgehead atoms. The lowest BCUT2D eigenvalue weighted by Crippen LogP contribution is -2.59. The smallest absolute Gasteiger partial charge is 0.408 e. The number of amides is 3. The second-order valence-electron chi connectivity index (χ2n) is 10.6. The van der Waals surface area contributed by atoms with Gasteiger partial charge in [0.05, 0.1) is 0 Å². The highest BCUT2D eigenvalue weighted by Gasteiger charge is 2.43. The SMILES string of the molecule is C#Cc1ccccc1C(C(=O)NC(C)CCC)N(C(=O)C(C)NC(=O)OC(C)(C)C)C(C)(C)CC. The van der Waals surface area contributed by atoms with E-state index in [0.29, 0.717) is 17.5 Å². The number of nitrogens with one attached hydrogen (secondary N) is 2. The lowest BCUT2D eigenvalue weighted by atomic mass is 9.90. The summed E-state index contributed by atoms with van der Waals surface area (Å²) in [6.07, 6.45) is 7.37. The number of carbonyl (C=O) groups is 3. The zero-order valence-corrected chi connectivity index (χ0v) is 22.8. The van der Waals surface area contributed by atoms with Gasteiger partial charge in [0.2, 0.25) is 11.8 Å². The molecule has 0 radical (unpaired) electrons. The molecule has 1 rings (SSSR count). The molecule has 2 N–H and O–H groups in total. The second-order valence-corrected chi connectivity index (χ2v) is 10.6. The van der Waals surface area contributed by atoms with Crippen LogP contribution in [0, 0.1) is 12.3 Å². The number of ether oxygens (including phenoxy) is 1. The molecule has 3 atom stereocenters. The van der Waals surface area contributed by atoms with Gasteiger partial charge in [-0.3, -0.25) is 9.59 Å². The van der Waals surface area contributed by atoms with E-state index in [1.165, 1.54) is 0 Å². The minimum atomic E-state index is -0.980. The molecule has 0 aliphatic rings. The summed E-state index contributed by atoms with van der Waals surface area (Å²) in [5, 5.41) is 5.68. The van der Waals surface area contributed by atoms with Crippen LogP contribution in [0.2, 0.25) is 0 Å². The molecule has 0 saturated carbocycles. The molecule has 0 aromatic heterocycles. The number of hydrogen-bond acceptors (Lipinski definition) is 4. The van der Waals surface area contributed by atoms with Gasteiger partial charge < -0.3 is 20.3 Å². The summed E-state index contributed by atoms with van der Waals surface area (Å²) >= 11 is 0. The first-order valence-electron chi connectivity index (χ1n) is 12.4. The monoisotopic (exact) mass is 485 g/mol. The van der Waals surface area contributed by atoms with E-state index in [0.717, 1.165) is 12.8 Å². The van der Waals surface area contributed by atoms with Gasteiger partial charge in [0.15, 0.2) is 0 Å². The van der Waals surface area contributed by atoms with Gasteiger partial charge in [-0.25, -0.2) is 4.79 Å². The van der Waals surface area contributed by atoms with Gasteiger partial charge >= 0.3 is 6.09 Å². The molecule has 35 heavy (non-hydrogen) atoms. The van der Waals surface area contributed by atoms with Crippen LogP contribution in [0.3, 0.4) is 0 Å². The van der Waals surface area contributed by atoms with Crippen molar-refractivity contribution in [3.8, 4) is 12.3 Å². The quantitative estimate of drug-likeness (QED) is 0.459. The minimum absolute atomic E-state index is 0.0769. The summed E-state index contributed by atoms with van der Waals surface area (Å²) in [4.78, 5) is 41.6. The van der Waals surface area contributed by atoms with Crippen LogP contribution in [-0.4, -0.2) is 46.0 Å². The molecule has 0 heterocycles. The van der Waals surface area contributed by atoms with Gasteiger partial charge in [0, 0.05) is 17.1 Å². The summed E-state index contributed by atoms with van der Waals surface area (Å²) in [5.74, 6) is 1.94. The third-order valence-corrected chi connectivity index (χ3v) is 5.89. The Balaban J connectivity index is 3.57. The van der Waals surface area contributed by atoms with Crippen LogP contribution in [0.25, 0.3) is 0 Å². The second kappa shape index (κ2) is 12.6. The molecular weight excluding hydrogens is 442 g/mol. The average molecular weight is 486 g/mol. The van der Waals surface area contributed by atoms with E-state index >= 15 is 0 Å². The van der Waals surface area contributed by atoms with Crippen molar-refractivity contribution in [1.29, 1.82) is 0 Å². The van der Waals surface area contributed by atoms with Crippen molar-refractivity contribution in [2.45, 2.75) is 111 Å². The summed E-state index contributed by atoms with van der Waals surface area (Å²) in [5.41, 5.74) is -0.332. The van der Waals surface area contributed by atoms with E-state index in [9.17, 15) is 14.4 Å². The maximum atomic E-state index is 13.9. The van der Waals surface area contributed by atoms with Crippen LogP contribution in [0.4, 0.5) is 4.79 Å². The third-order valence-electron chi connectivity index (χ3n) is 5.89. The first-order chi connectivity index (χ1) is 16.2. The Morgan fingerprint density at radius 1 is 1.06 bits per heavy atom. The topological polar surface area (TPSA) is 87.7 Å². The standard InChI is InChI=1S/C28H43N3O4/c1-11-16-19(4)29-24(32)23(22-18-15-14-17-21(22)12-2)31(28(9,10)13-3)25(33)20(5)30-26(34)35-27(6,7)8/h2,14-15,17-20,23H,11,13,16H2,1,3-10H3,(H,29,32)(H,30,34). The minimum Gasteiger partial charge on any atom is -0.444 e. The fraction of sp³-hybridized carbons (Fsp3) is 0.607. The molecule has 194 valence electrons. The van der Waals surface area contributed by atoms with Crippen molar-refractivity contribution in [2.75, 3.05) is 0 Å². The molecule has 0 saturated heterocycles. The Morgan fingerprint density at radius 3 is 2.17 bits per heavy atom. The molecule has 1 aromatic carbocycles. The van der Waals surface area contributed by atoms with E-state index in [-0.39, 0.29) is 11.9 Å². The summed E-state index contributed by atoms with van der Waals surface area (Å²) in [6, 6.07) is 5.15. The number of carbonyl (C=O) groups excluding carboxylic acids is 3. The Morgan fingerprint density at radius 2 is 1.66 bits per heavy atom. The van der Waals surface area contributed by atoms with E-state index in [1.807, 2.05) is 34.6 Å². The van der Waals surface area contributed by atoms with Gasteiger partial charge in [0.25, 0.3) is 0 Å². The average Bonchev–Trinajstić information content (AvgIpc) is 2.75. The Bertz CT molecular complexity index is 927. The number of rotatable bonds is 10. The first kappa shape index (κ1) is 30.0. The van der Waals surface area contributed by atoms with Gasteiger partial charge in [-0.05, 0) is 72.9 Å². The normalized spacial score (nSPS) is 14.2. The largest absolute Gasteiger partial charge is 0.444 e. The molecule has 0 aliphatic carbocycles. The highest BCUT2D eigenvalue weighted by atomic mass is 16.6. The number of benzene rings is 1. The van der Waals surface area contributed by atoms with Crippen LogP contribution in [0.15, 0.2) is 24.3 Å². The van der Waals surface area contributed by atoms with Crippen LogP contribution in [-0.2, 0) is 14.3 Å². The Hall–Kier alpha value is -3.01. The van der Waals surface area contributed by atoms with Crippen LogP contribution < -0.4 is 10.6 Å². The van der Waals surface area contributed by atoms with Crippen molar-refractivity contribution < 1.29 is 19.1 Å². The highest BCUT2D eigenvalue weighted by Crippen LogP contribution is 2.33. The zero-order chi connectivity index (χ0) is 27.0. The highest BCUT2D eigenvalue weighted by molar-refractivity contribution is 5.93. The number of terminal acetylenes is 1. The van der Waals surface area contributed by atoms with Gasteiger partial charge in [-0.1, -0.05) is 44.4 Å². The van der Waals surface area contributed by atoms with Crippen molar-refractivity contribution in [2.24, 2.45) is 0 Å². The van der Waals surface area contributed by atoms with E-state index in [4.69, 9.17) is 11.2 Å². The van der Waals surface area contributed by atoms with Crippen molar-refractivity contribution in [1.82, 2.24) is 15.5 Å². The van der Waals surface area contributed by atoms with E-state index in [1.54, 1.807) is 56.9 Å². The number of hydrogen-bond donors (Lipinski definition) is 2. The summed E-state index contributed by atoms with van der Waals surface area (Å²) in [7, 11) is 0. The third kappa shape index (κ3) is 8.61. The molecular formula is C28H43N3O4. The lowest BCUT2D eigenvalue weighted by Gasteiger charge is -2.44. The van der Waals surface area contributed by atoms with E-state index < -0.39 is 35.2 Å². The Kier molecular flexibility index (Phi) is 10.8. The Labute approximate surface area is 211 Å². The van der Waals surface area contributed by atoms with Crippen molar-refractivity contribution in [3.63, 3.8) is 0 Å². The first-order valence-corrected chi connectivity index (χ1v) is 12.4. The van der Waals surface area contributed by atoms with Crippen molar-refractivity contribution in [3.05, 3.63) is 35.4 Å². The maximum absolute atomic E-state index is 13.9. The number of nitrogens with zero attached hydrogens (tertiary/aromatic N) is 1. The predicted molar refractivity (Wildman–Crippen MR) is 140 cm³/mol. The van der Waals surface area contributed by atoms with Gasteiger partial charge in [0.1, 0.15) is 17.7 Å². The fourth-order valence-electron chi connectivity index (χ4n) is 3.79. The molecule has 7 heteroatoms. The molecule has 1 aromatic rings. The van der Waals surface area contributed by atoms with Crippen LogP contribution in [0.1, 0.15) is 98.7 Å². The van der Waals surface area contributed by atoms with E-state index in [2.05, 4.69) is 16.6 Å². The molecule has 3 unspecified atom stereocenters. The van der Waals surface area contributed by atoms with Crippen molar-refractivity contribution >= 4 is 17.9 Å². The lowest BCUT2D eigenvalue weighted by molar-refractivity contribution is -0.149. The van der Waals surface area contributed by atoms with Gasteiger partial charge in [-0.2, -0.15) is 0 Å². The van der Waals surface area contributed by atoms with Crippen LogP contribution in [0.5, 0.6) is 0 Å². The number of alkyl carbamates (subject to hydrolysis) is 1. The molecule has 7 nitrogen and oxygen atoms in total. The summed E-state index contributed by atoms with van der Waals surface area (Å²) in [6.45, 7) is 16.6. The fourth-order valence-corrected chi connectivity index (χ4v) is 3.79. The molecule has 0 spiro atoms. The molecule has 0 fully saturated rings. The summed E-state index contributed by atoms with van der Waals surface area (Å²) < 4.78 is 5.33. The van der Waals surface area contributed by atoms with Gasteiger partial charge in [-0.15, -0.1) is 6.42 Å². The maximum Gasteiger partial charge on any atom is 0.408 e. The predicted octanol–water partition coefficient (Wildman–Crippen LogP) is 4.94. The molecule has 0 aliphatic heterocycles.